The van der Waals surface area contributed by atoms with Crippen LogP contribution in [-0.4, -0.2) is 29.9 Å². The number of pyridine rings is 1. The van der Waals surface area contributed by atoms with E-state index < -0.39 is 0 Å². The molecule has 3 aromatic heterocycles. The fourth-order valence-electron chi connectivity index (χ4n) is 2.57. The van der Waals surface area contributed by atoms with E-state index in [1.165, 1.54) is 11.8 Å². The number of nitrogens with zero attached hydrogens (tertiary/aromatic N) is 6. The second-order valence-electron chi connectivity index (χ2n) is 5.61. The molecule has 0 spiro atoms. The quantitative estimate of drug-likeness (QED) is 0.446. The van der Waals surface area contributed by atoms with E-state index in [1.807, 2.05) is 28.8 Å². The van der Waals surface area contributed by atoms with E-state index >= 15 is 0 Å². The van der Waals surface area contributed by atoms with Crippen molar-refractivity contribution in [2.45, 2.75) is 24.4 Å². The Kier molecular flexibility index (Phi) is 5.17. The summed E-state index contributed by atoms with van der Waals surface area (Å²) in [6.07, 6.45) is 3.51. The molecule has 0 aliphatic carbocycles. The van der Waals surface area contributed by atoms with E-state index in [0.29, 0.717) is 22.5 Å². The van der Waals surface area contributed by atoms with Crippen molar-refractivity contribution < 1.29 is 4.52 Å². The third kappa shape index (κ3) is 3.86. The second kappa shape index (κ2) is 7.89. The standard InChI is InChI=1S/C18H15ClN6OS/c1-2-25-16(13-6-4-8-20-10-13)22-23-18(25)27-11-15-21-17(26-24-15)12-5-3-7-14(19)9-12/h3-10H,2,11H2,1H3. The molecule has 0 unspecified atom stereocenters. The van der Waals surface area contributed by atoms with Crippen molar-refractivity contribution in [2.75, 3.05) is 0 Å². The topological polar surface area (TPSA) is 82.5 Å². The predicted molar refractivity (Wildman–Crippen MR) is 103 cm³/mol. The molecule has 1 aromatic carbocycles. The summed E-state index contributed by atoms with van der Waals surface area (Å²) in [5, 5.41) is 14.1. The highest BCUT2D eigenvalue weighted by Crippen LogP contribution is 2.26. The molecular weight excluding hydrogens is 384 g/mol. The molecule has 0 saturated heterocycles. The van der Waals surface area contributed by atoms with Crippen LogP contribution in [0.4, 0.5) is 0 Å². The van der Waals surface area contributed by atoms with E-state index in [4.69, 9.17) is 16.1 Å². The van der Waals surface area contributed by atoms with Crippen molar-refractivity contribution in [1.29, 1.82) is 0 Å². The van der Waals surface area contributed by atoms with Gasteiger partial charge in [0.15, 0.2) is 16.8 Å². The molecule has 9 heteroatoms. The van der Waals surface area contributed by atoms with Gasteiger partial charge in [0.25, 0.3) is 5.89 Å². The van der Waals surface area contributed by atoms with Gasteiger partial charge in [-0.3, -0.25) is 4.98 Å². The largest absolute Gasteiger partial charge is 0.334 e. The molecule has 4 rings (SSSR count). The zero-order chi connectivity index (χ0) is 18.6. The third-order valence-corrected chi connectivity index (χ3v) is 5.02. The normalized spacial score (nSPS) is 11.0. The number of rotatable bonds is 6. The van der Waals surface area contributed by atoms with E-state index in [0.717, 1.165) is 28.7 Å². The van der Waals surface area contributed by atoms with Crippen LogP contribution in [0.15, 0.2) is 58.5 Å². The number of thioether (sulfide) groups is 1. The Morgan fingerprint density at radius 2 is 2.04 bits per heavy atom. The Balaban J connectivity index is 1.51. The van der Waals surface area contributed by atoms with Crippen LogP contribution in [0.1, 0.15) is 12.7 Å². The lowest BCUT2D eigenvalue weighted by atomic mass is 10.2. The number of hydrogen-bond acceptors (Lipinski definition) is 7. The lowest BCUT2D eigenvalue weighted by Crippen LogP contribution is -2.00. The second-order valence-corrected chi connectivity index (χ2v) is 6.99. The summed E-state index contributed by atoms with van der Waals surface area (Å²) in [5.74, 6) is 2.35. The summed E-state index contributed by atoms with van der Waals surface area (Å²) in [7, 11) is 0. The Bertz CT molecular complexity index is 1050. The van der Waals surface area contributed by atoms with Gasteiger partial charge in [-0.25, -0.2) is 0 Å². The van der Waals surface area contributed by atoms with Gasteiger partial charge in [-0.05, 0) is 37.3 Å². The average molecular weight is 399 g/mol. The van der Waals surface area contributed by atoms with Crippen molar-refractivity contribution >= 4 is 23.4 Å². The Hall–Kier alpha value is -2.71. The van der Waals surface area contributed by atoms with Crippen LogP contribution in [-0.2, 0) is 12.3 Å². The molecule has 0 saturated carbocycles. The van der Waals surface area contributed by atoms with E-state index in [-0.39, 0.29) is 0 Å². The van der Waals surface area contributed by atoms with Crippen LogP contribution in [0.2, 0.25) is 5.02 Å². The minimum absolute atomic E-state index is 0.445. The SMILES string of the molecule is CCn1c(SCc2noc(-c3cccc(Cl)c3)n2)nnc1-c1cccnc1. The van der Waals surface area contributed by atoms with Crippen LogP contribution in [0.25, 0.3) is 22.8 Å². The van der Waals surface area contributed by atoms with Gasteiger partial charge in [0, 0.05) is 35.1 Å². The van der Waals surface area contributed by atoms with Crippen LogP contribution >= 0.6 is 23.4 Å². The third-order valence-electron chi connectivity index (χ3n) is 3.82. The molecule has 0 fully saturated rings. The van der Waals surface area contributed by atoms with Gasteiger partial charge in [-0.2, -0.15) is 4.98 Å². The zero-order valence-electron chi connectivity index (χ0n) is 14.4. The predicted octanol–water partition coefficient (Wildman–Crippen LogP) is 4.36. The fourth-order valence-corrected chi connectivity index (χ4v) is 3.61. The summed E-state index contributed by atoms with van der Waals surface area (Å²) in [6, 6.07) is 11.2. The lowest BCUT2D eigenvalue weighted by molar-refractivity contribution is 0.425. The van der Waals surface area contributed by atoms with Crippen molar-refractivity contribution in [2.24, 2.45) is 0 Å². The first-order valence-corrected chi connectivity index (χ1v) is 9.66. The summed E-state index contributed by atoms with van der Waals surface area (Å²) in [4.78, 5) is 8.58. The average Bonchev–Trinajstić information content (AvgIpc) is 3.34. The van der Waals surface area contributed by atoms with E-state index in [2.05, 4.69) is 32.2 Å². The first-order valence-electron chi connectivity index (χ1n) is 8.29. The van der Waals surface area contributed by atoms with E-state index in [1.54, 1.807) is 24.5 Å². The maximum atomic E-state index is 6.01. The minimum atomic E-state index is 0.445. The van der Waals surface area contributed by atoms with Crippen LogP contribution in [0, 0.1) is 0 Å². The van der Waals surface area contributed by atoms with Gasteiger partial charge in [0.05, 0.1) is 5.75 Å². The minimum Gasteiger partial charge on any atom is -0.334 e. The van der Waals surface area contributed by atoms with Crippen molar-refractivity contribution in [1.82, 2.24) is 29.9 Å². The van der Waals surface area contributed by atoms with E-state index in [9.17, 15) is 0 Å². The molecule has 7 nitrogen and oxygen atoms in total. The van der Waals surface area contributed by atoms with Crippen molar-refractivity contribution in [3.05, 3.63) is 59.6 Å². The Morgan fingerprint density at radius 1 is 1.15 bits per heavy atom. The molecular formula is C18H15ClN6OS. The van der Waals surface area contributed by atoms with Gasteiger partial charge in [0.2, 0.25) is 0 Å². The molecule has 0 aliphatic rings. The smallest absolute Gasteiger partial charge is 0.258 e. The highest BCUT2D eigenvalue weighted by Gasteiger charge is 2.15. The summed E-state index contributed by atoms with van der Waals surface area (Å²) in [6.45, 7) is 2.80. The maximum absolute atomic E-state index is 6.01. The van der Waals surface area contributed by atoms with Gasteiger partial charge in [-0.15, -0.1) is 10.2 Å². The highest BCUT2D eigenvalue weighted by atomic mass is 35.5. The Morgan fingerprint density at radius 3 is 2.81 bits per heavy atom. The van der Waals surface area contributed by atoms with Crippen LogP contribution in [0.3, 0.4) is 0 Å². The molecule has 0 amide bonds. The molecule has 0 aliphatic heterocycles. The number of hydrogen-bond donors (Lipinski definition) is 0. The van der Waals surface area contributed by atoms with Crippen molar-refractivity contribution in [3.63, 3.8) is 0 Å². The number of aromatic nitrogens is 6. The molecule has 0 radical (unpaired) electrons. The molecule has 0 N–H and O–H groups in total. The van der Waals surface area contributed by atoms with Crippen LogP contribution < -0.4 is 0 Å². The summed E-state index contributed by atoms with van der Waals surface area (Å²) >= 11 is 7.52. The molecule has 0 atom stereocenters. The van der Waals surface area contributed by atoms with Crippen molar-refractivity contribution in [3.8, 4) is 22.8 Å². The molecule has 27 heavy (non-hydrogen) atoms. The van der Waals surface area contributed by atoms with Gasteiger partial charge in [0.1, 0.15) is 0 Å². The van der Waals surface area contributed by atoms with Gasteiger partial charge >= 0.3 is 0 Å². The molecule has 0 bridgehead atoms. The summed E-state index contributed by atoms with van der Waals surface area (Å²) < 4.78 is 7.38. The molecule has 3 heterocycles. The first kappa shape index (κ1) is 17.7. The van der Waals surface area contributed by atoms with Crippen LogP contribution in [0.5, 0.6) is 0 Å². The number of halogens is 1. The summed E-state index contributed by atoms with van der Waals surface area (Å²) in [5.41, 5.74) is 1.73. The zero-order valence-corrected chi connectivity index (χ0v) is 16.0. The molecule has 4 aromatic rings. The monoisotopic (exact) mass is 398 g/mol. The van der Waals surface area contributed by atoms with Gasteiger partial charge in [-0.1, -0.05) is 34.6 Å². The molecule has 136 valence electrons. The highest BCUT2D eigenvalue weighted by molar-refractivity contribution is 7.98. The first-order chi connectivity index (χ1) is 13.2. The lowest BCUT2D eigenvalue weighted by Gasteiger charge is -2.06. The van der Waals surface area contributed by atoms with Gasteiger partial charge < -0.3 is 9.09 Å². The Labute approximate surface area is 164 Å². The fraction of sp³-hybridized carbons (Fsp3) is 0.167. The number of benzene rings is 1. The maximum Gasteiger partial charge on any atom is 0.258 e.